The third kappa shape index (κ3) is 2.14. The van der Waals surface area contributed by atoms with Crippen molar-refractivity contribution in [3.63, 3.8) is 0 Å². The van der Waals surface area contributed by atoms with Gasteiger partial charge in [0.15, 0.2) is 6.10 Å². The summed E-state index contributed by atoms with van der Waals surface area (Å²) in [5.74, 6) is 0.448. The average molecular weight is 234 g/mol. The van der Waals surface area contributed by atoms with E-state index in [9.17, 15) is 9.59 Å². The van der Waals surface area contributed by atoms with Crippen molar-refractivity contribution in [2.24, 2.45) is 0 Å². The van der Waals surface area contributed by atoms with E-state index >= 15 is 0 Å². The first-order valence-corrected chi connectivity index (χ1v) is 5.39. The Hall–Kier alpha value is -1.88. The lowest BCUT2D eigenvalue weighted by atomic mass is 10.1. The maximum atomic E-state index is 11.5. The van der Waals surface area contributed by atoms with Gasteiger partial charge in [-0.25, -0.2) is 0 Å². The number of amides is 1. The van der Waals surface area contributed by atoms with E-state index in [0.29, 0.717) is 11.4 Å². The summed E-state index contributed by atoms with van der Waals surface area (Å²) >= 11 is 0. The van der Waals surface area contributed by atoms with Gasteiger partial charge in [-0.1, -0.05) is 6.07 Å². The summed E-state index contributed by atoms with van der Waals surface area (Å²) in [7, 11) is 1.70. The summed E-state index contributed by atoms with van der Waals surface area (Å²) in [6.07, 6.45) is 0.329. The van der Waals surface area contributed by atoms with Crippen LogP contribution in [0.15, 0.2) is 18.2 Å². The average Bonchev–Trinajstić information content (AvgIpc) is 2.32. The molecule has 90 valence electrons. The van der Waals surface area contributed by atoms with Crippen molar-refractivity contribution < 1.29 is 14.3 Å². The first-order chi connectivity index (χ1) is 8.15. The van der Waals surface area contributed by atoms with Crippen LogP contribution in [0.5, 0.6) is 5.75 Å². The van der Waals surface area contributed by atoms with Gasteiger partial charge in [-0.15, -0.1) is 0 Å². The first kappa shape index (κ1) is 11.6. The van der Waals surface area contributed by atoms with Crippen molar-refractivity contribution in [3.05, 3.63) is 23.8 Å². The maximum Gasteiger partial charge on any atom is 0.265 e. The number of carbonyl (C=O) groups is 2. The molecule has 1 aromatic rings. The van der Waals surface area contributed by atoms with Gasteiger partial charge in [0.1, 0.15) is 12.0 Å². The summed E-state index contributed by atoms with van der Waals surface area (Å²) in [4.78, 5) is 22.3. The molecule has 0 radical (unpaired) electrons. The number of likely N-dealkylation sites (N-methyl/N-ethyl adjacent to an activating group) is 1. The van der Waals surface area contributed by atoms with Crippen LogP contribution >= 0.6 is 0 Å². The molecule has 0 fully saturated rings. The van der Waals surface area contributed by atoms with Crippen molar-refractivity contribution in [2.75, 3.05) is 12.4 Å². The Kier molecular flexibility index (Phi) is 3.10. The fourth-order valence-corrected chi connectivity index (χ4v) is 1.73. The van der Waals surface area contributed by atoms with E-state index in [1.54, 1.807) is 32.2 Å². The second-order valence-electron chi connectivity index (χ2n) is 3.91. The third-order valence-corrected chi connectivity index (χ3v) is 2.74. The number of aldehydes is 1. The number of ether oxygens (including phenoxy) is 1. The molecule has 2 rings (SSSR count). The molecule has 1 aliphatic heterocycles. The van der Waals surface area contributed by atoms with Crippen LogP contribution in [-0.4, -0.2) is 25.3 Å². The molecule has 0 aromatic heterocycles. The van der Waals surface area contributed by atoms with Crippen LogP contribution in [0.25, 0.3) is 0 Å². The van der Waals surface area contributed by atoms with Crippen molar-refractivity contribution in [1.82, 2.24) is 5.32 Å². The number of hydrogen-bond donors (Lipinski definition) is 2. The molecule has 1 aliphatic rings. The first-order valence-electron chi connectivity index (χ1n) is 5.39. The van der Waals surface area contributed by atoms with E-state index in [-0.39, 0.29) is 11.9 Å². The number of fused-ring (bicyclic) bond motifs is 1. The molecule has 17 heavy (non-hydrogen) atoms. The van der Waals surface area contributed by atoms with Gasteiger partial charge in [-0.3, -0.25) is 4.79 Å². The number of anilines is 1. The van der Waals surface area contributed by atoms with E-state index in [1.165, 1.54) is 0 Å². The van der Waals surface area contributed by atoms with E-state index in [2.05, 4.69) is 10.6 Å². The minimum atomic E-state index is -0.487. The zero-order valence-electron chi connectivity index (χ0n) is 9.69. The number of nitrogens with one attached hydrogen (secondary N) is 2. The predicted octanol–water partition coefficient (Wildman–Crippen LogP) is 0.865. The van der Waals surface area contributed by atoms with Crippen molar-refractivity contribution >= 4 is 17.9 Å². The van der Waals surface area contributed by atoms with Gasteiger partial charge in [-0.2, -0.15) is 0 Å². The molecular formula is C12H14N2O3. The molecule has 0 spiro atoms. The van der Waals surface area contributed by atoms with Crippen molar-refractivity contribution in [1.29, 1.82) is 0 Å². The molecule has 0 saturated heterocycles. The summed E-state index contributed by atoms with van der Waals surface area (Å²) in [5, 5.41) is 5.62. The fraction of sp³-hybridized carbons (Fsp3) is 0.333. The van der Waals surface area contributed by atoms with Crippen LogP contribution in [0.1, 0.15) is 18.5 Å². The molecule has 0 saturated carbocycles. The molecule has 5 nitrogen and oxygen atoms in total. The lowest BCUT2D eigenvalue weighted by molar-refractivity contribution is -0.122. The van der Waals surface area contributed by atoms with Crippen molar-refractivity contribution in [3.8, 4) is 5.75 Å². The molecule has 1 heterocycles. The van der Waals surface area contributed by atoms with Crippen LogP contribution in [-0.2, 0) is 9.59 Å². The Morgan fingerprint density at radius 2 is 2.29 bits per heavy atom. The quantitative estimate of drug-likeness (QED) is 0.761. The molecule has 1 aromatic carbocycles. The third-order valence-electron chi connectivity index (χ3n) is 2.74. The Balaban J connectivity index is 2.34. The normalized spacial score (nSPS) is 19.9. The summed E-state index contributed by atoms with van der Waals surface area (Å²) in [6, 6.07) is 4.93. The molecule has 2 atom stereocenters. The van der Waals surface area contributed by atoms with Crippen molar-refractivity contribution in [2.45, 2.75) is 19.1 Å². The topological polar surface area (TPSA) is 67.4 Å². The largest absolute Gasteiger partial charge is 0.479 e. The number of rotatable bonds is 3. The van der Waals surface area contributed by atoms with Crippen LogP contribution in [0, 0.1) is 0 Å². The molecule has 2 unspecified atom stereocenters. The van der Waals surface area contributed by atoms with Crippen LogP contribution in [0.4, 0.5) is 5.69 Å². The van der Waals surface area contributed by atoms with Crippen LogP contribution in [0.3, 0.4) is 0 Å². The Morgan fingerprint density at radius 3 is 2.94 bits per heavy atom. The van der Waals surface area contributed by atoms with Gasteiger partial charge in [0, 0.05) is 0 Å². The van der Waals surface area contributed by atoms with E-state index in [1.807, 2.05) is 0 Å². The van der Waals surface area contributed by atoms with Crippen LogP contribution < -0.4 is 15.4 Å². The van der Waals surface area contributed by atoms with E-state index < -0.39 is 6.10 Å². The number of hydrogen-bond acceptors (Lipinski definition) is 4. The molecular weight excluding hydrogens is 220 g/mol. The van der Waals surface area contributed by atoms with Gasteiger partial charge >= 0.3 is 0 Å². The molecule has 0 bridgehead atoms. The standard InChI is InChI=1S/C12H14N2O3/c1-7-12(16)14-9-5-8(10(6-15)13-2)3-4-11(9)17-7/h3-7,10,13H,1-2H3,(H,14,16). The van der Waals surface area contributed by atoms with Gasteiger partial charge in [0.05, 0.1) is 11.7 Å². The predicted molar refractivity (Wildman–Crippen MR) is 63.0 cm³/mol. The molecule has 1 amide bonds. The molecule has 5 heteroatoms. The zero-order chi connectivity index (χ0) is 12.4. The van der Waals surface area contributed by atoms with Gasteiger partial charge in [0.25, 0.3) is 5.91 Å². The Labute approximate surface area is 99.2 Å². The summed E-state index contributed by atoms with van der Waals surface area (Å²) in [6.45, 7) is 1.69. The van der Waals surface area contributed by atoms with Gasteiger partial charge in [-0.05, 0) is 31.7 Å². The molecule has 0 aliphatic carbocycles. The summed E-state index contributed by atoms with van der Waals surface area (Å²) < 4.78 is 5.43. The highest BCUT2D eigenvalue weighted by molar-refractivity contribution is 5.97. The maximum absolute atomic E-state index is 11.5. The number of benzene rings is 1. The monoisotopic (exact) mass is 234 g/mol. The minimum Gasteiger partial charge on any atom is -0.479 e. The molecule has 2 N–H and O–H groups in total. The number of carbonyl (C=O) groups excluding carboxylic acids is 2. The SMILES string of the molecule is CNC(C=O)c1ccc2c(c1)NC(=O)C(C)O2. The second kappa shape index (κ2) is 4.55. The van der Waals surface area contributed by atoms with E-state index in [0.717, 1.165) is 11.8 Å². The highest BCUT2D eigenvalue weighted by atomic mass is 16.5. The lowest BCUT2D eigenvalue weighted by Gasteiger charge is -2.24. The second-order valence-corrected chi connectivity index (χ2v) is 3.91. The zero-order valence-corrected chi connectivity index (χ0v) is 9.69. The fourth-order valence-electron chi connectivity index (χ4n) is 1.73. The highest BCUT2D eigenvalue weighted by Crippen LogP contribution is 2.31. The Morgan fingerprint density at radius 1 is 1.53 bits per heavy atom. The smallest absolute Gasteiger partial charge is 0.265 e. The lowest BCUT2D eigenvalue weighted by Crippen LogP contribution is -2.34. The highest BCUT2D eigenvalue weighted by Gasteiger charge is 2.24. The van der Waals surface area contributed by atoms with Gasteiger partial charge < -0.3 is 20.2 Å². The van der Waals surface area contributed by atoms with Gasteiger partial charge in [0.2, 0.25) is 0 Å². The Bertz CT molecular complexity index is 459. The van der Waals surface area contributed by atoms with E-state index in [4.69, 9.17) is 4.74 Å². The minimum absolute atomic E-state index is 0.179. The van der Waals surface area contributed by atoms with Crippen LogP contribution in [0.2, 0.25) is 0 Å². The summed E-state index contributed by atoms with van der Waals surface area (Å²) in [5.41, 5.74) is 1.40.